The second-order valence-electron chi connectivity index (χ2n) is 6.38. The van der Waals surface area contributed by atoms with E-state index in [-0.39, 0.29) is 0 Å². The molecule has 0 amide bonds. The summed E-state index contributed by atoms with van der Waals surface area (Å²) in [6.45, 7) is 8.87. The Labute approximate surface area is 141 Å². The van der Waals surface area contributed by atoms with Crippen LogP contribution in [0.1, 0.15) is 18.4 Å². The number of fused-ring (bicyclic) bond motifs is 1. The first-order chi connectivity index (χ1) is 11.8. The van der Waals surface area contributed by atoms with Crippen molar-refractivity contribution in [3.63, 3.8) is 0 Å². The lowest BCUT2D eigenvalue weighted by Gasteiger charge is -2.24. The summed E-state index contributed by atoms with van der Waals surface area (Å²) in [5.41, 5.74) is 4.53. The predicted octanol–water partition coefficient (Wildman–Crippen LogP) is 3.71. The summed E-state index contributed by atoms with van der Waals surface area (Å²) in [4.78, 5) is 15.5. The molecule has 4 rings (SSSR count). The molecule has 5 heteroatoms. The molecule has 1 N–H and O–H groups in total. The smallest absolute Gasteiger partial charge is 0.137 e. The van der Waals surface area contributed by atoms with Gasteiger partial charge in [-0.1, -0.05) is 0 Å². The molecule has 3 aromatic heterocycles. The van der Waals surface area contributed by atoms with Crippen LogP contribution in [0.25, 0.3) is 27.1 Å². The lowest BCUT2D eigenvalue weighted by atomic mass is 9.91. The van der Waals surface area contributed by atoms with Gasteiger partial charge in [0.05, 0.1) is 13.1 Å². The molecule has 1 aliphatic heterocycles. The van der Waals surface area contributed by atoms with Crippen molar-refractivity contribution in [3.8, 4) is 11.1 Å². The molecule has 0 bridgehead atoms. The van der Waals surface area contributed by atoms with Crippen LogP contribution in [-0.2, 0) is 6.42 Å². The maximum absolute atomic E-state index is 7.10. The average molecular weight is 317 g/mol. The van der Waals surface area contributed by atoms with Crippen LogP contribution in [0.15, 0.2) is 43.0 Å². The Morgan fingerprint density at radius 3 is 2.79 bits per heavy atom. The topological polar surface area (TPSA) is 49.2 Å². The molecule has 0 aromatic carbocycles. The number of aromatic amines is 1. The van der Waals surface area contributed by atoms with Crippen molar-refractivity contribution in [1.82, 2.24) is 20.0 Å². The first-order valence-corrected chi connectivity index (χ1v) is 8.32. The SMILES string of the molecule is [C-]#[N+]N1CCC(Cc2cnc3[nH]cc(-c4ccncc4)c3c2)CC1. The van der Waals surface area contributed by atoms with Crippen LogP contribution in [0.4, 0.5) is 0 Å². The highest BCUT2D eigenvalue weighted by Crippen LogP contribution is 2.29. The van der Waals surface area contributed by atoms with E-state index < -0.39 is 0 Å². The lowest BCUT2D eigenvalue weighted by molar-refractivity contribution is 0.239. The Hall–Kier alpha value is -2.87. The van der Waals surface area contributed by atoms with Crippen molar-refractivity contribution in [2.45, 2.75) is 19.3 Å². The Morgan fingerprint density at radius 2 is 2.04 bits per heavy atom. The molecular weight excluding hydrogens is 298 g/mol. The molecule has 0 atom stereocenters. The quantitative estimate of drug-likeness (QED) is 0.749. The number of hydrogen-bond acceptors (Lipinski definition) is 3. The molecule has 0 radical (unpaired) electrons. The minimum atomic E-state index is 0.644. The van der Waals surface area contributed by atoms with E-state index >= 15 is 0 Å². The number of pyridine rings is 2. The van der Waals surface area contributed by atoms with Gasteiger partial charge in [0, 0.05) is 35.7 Å². The van der Waals surface area contributed by atoms with Crippen LogP contribution in [0.5, 0.6) is 0 Å². The maximum atomic E-state index is 7.10. The number of H-pyrrole nitrogens is 1. The molecular formula is C19H19N5. The fourth-order valence-electron chi connectivity index (χ4n) is 3.49. The van der Waals surface area contributed by atoms with Gasteiger partial charge in [-0.3, -0.25) is 4.98 Å². The predicted molar refractivity (Wildman–Crippen MR) is 93.9 cm³/mol. The fraction of sp³-hybridized carbons (Fsp3) is 0.316. The molecule has 1 fully saturated rings. The highest BCUT2D eigenvalue weighted by Gasteiger charge is 2.21. The third kappa shape index (κ3) is 2.83. The van der Waals surface area contributed by atoms with E-state index in [1.807, 2.05) is 41.9 Å². The zero-order valence-corrected chi connectivity index (χ0v) is 13.4. The maximum Gasteiger partial charge on any atom is 0.137 e. The van der Waals surface area contributed by atoms with Gasteiger partial charge in [-0.2, -0.15) is 11.5 Å². The Morgan fingerprint density at radius 1 is 1.25 bits per heavy atom. The van der Waals surface area contributed by atoms with E-state index in [9.17, 15) is 0 Å². The number of piperidine rings is 1. The number of hydrogen-bond donors (Lipinski definition) is 1. The molecule has 0 aliphatic carbocycles. The first-order valence-electron chi connectivity index (χ1n) is 8.32. The van der Waals surface area contributed by atoms with Gasteiger partial charge >= 0.3 is 0 Å². The van der Waals surface area contributed by atoms with Crippen LogP contribution in [0.3, 0.4) is 0 Å². The minimum Gasteiger partial charge on any atom is -0.346 e. The Bertz CT molecular complexity index is 870. The van der Waals surface area contributed by atoms with Gasteiger partial charge in [0.25, 0.3) is 0 Å². The van der Waals surface area contributed by atoms with Gasteiger partial charge < -0.3 is 4.98 Å². The van der Waals surface area contributed by atoms with Crippen LogP contribution in [-0.4, -0.2) is 33.1 Å². The molecule has 3 aromatic rings. The first kappa shape index (κ1) is 14.7. The van der Waals surface area contributed by atoms with Crippen molar-refractivity contribution in [3.05, 3.63) is 60.1 Å². The number of rotatable bonds is 3. The highest BCUT2D eigenvalue weighted by atomic mass is 15.4. The van der Waals surface area contributed by atoms with Gasteiger partial charge in [0.15, 0.2) is 0 Å². The molecule has 0 saturated carbocycles. The van der Waals surface area contributed by atoms with Crippen molar-refractivity contribution in [2.75, 3.05) is 13.1 Å². The van der Waals surface area contributed by atoms with Crippen molar-refractivity contribution >= 4 is 11.0 Å². The zero-order chi connectivity index (χ0) is 16.4. The van der Waals surface area contributed by atoms with Crippen molar-refractivity contribution in [2.24, 2.45) is 5.92 Å². The molecule has 0 unspecified atom stereocenters. The summed E-state index contributed by atoms with van der Waals surface area (Å²) < 4.78 is 0. The molecule has 120 valence electrons. The van der Waals surface area contributed by atoms with Crippen LogP contribution in [0, 0.1) is 12.5 Å². The molecule has 4 heterocycles. The van der Waals surface area contributed by atoms with E-state index in [0.717, 1.165) is 48.9 Å². The van der Waals surface area contributed by atoms with E-state index in [1.165, 1.54) is 11.1 Å². The normalized spacial score (nSPS) is 15.5. The highest BCUT2D eigenvalue weighted by molar-refractivity contribution is 5.93. The molecule has 1 aliphatic rings. The van der Waals surface area contributed by atoms with Crippen molar-refractivity contribution < 1.29 is 0 Å². The van der Waals surface area contributed by atoms with E-state index in [2.05, 4.69) is 26.0 Å². The summed E-state index contributed by atoms with van der Waals surface area (Å²) in [6, 6.07) is 6.31. The van der Waals surface area contributed by atoms with Gasteiger partial charge in [0.1, 0.15) is 5.65 Å². The minimum absolute atomic E-state index is 0.644. The Kier molecular flexibility index (Phi) is 3.87. The molecule has 24 heavy (non-hydrogen) atoms. The number of nitrogens with one attached hydrogen (secondary N) is 1. The average Bonchev–Trinajstić information content (AvgIpc) is 3.06. The number of aromatic nitrogens is 3. The third-order valence-electron chi connectivity index (χ3n) is 4.84. The summed E-state index contributed by atoms with van der Waals surface area (Å²) in [5.74, 6) is 0.644. The van der Waals surface area contributed by atoms with E-state index in [0.29, 0.717) is 5.92 Å². The summed E-state index contributed by atoms with van der Waals surface area (Å²) in [5, 5.41) is 3.00. The van der Waals surface area contributed by atoms with Crippen LogP contribution in [0.2, 0.25) is 0 Å². The second kappa shape index (κ2) is 6.32. The Balaban J connectivity index is 1.58. The monoisotopic (exact) mass is 317 g/mol. The van der Waals surface area contributed by atoms with Crippen LogP contribution >= 0.6 is 0 Å². The van der Waals surface area contributed by atoms with Gasteiger partial charge in [-0.05, 0) is 54.5 Å². The molecule has 5 nitrogen and oxygen atoms in total. The van der Waals surface area contributed by atoms with Gasteiger partial charge in [0.2, 0.25) is 0 Å². The second-order valence-corrected chi connectivity index (χ2v) is 6.38. The largest absolute Gasteiger partial charge is 0.346 e. The summed E-state index contributed by atoms with van der Waals surface area (Å²) in [7, 11) is 0. The number of nitrogens with zero attached hydrogens (tertiary/aromatic N) is 4. The van der Waals surface area contributed by atoms with Gasteiger partial charge in [-0.25, -0.2) is 4.98 Å². The fourth-order valence-corrected chi connectivity index (χ4v) is 3.49. The lowest BCUT2D eigenvalue weighted by Crippen LogP contribution is -2.29. The molecule has 1 saturated heterocycles. The van der Waals surface area contributed by atoms with Gasteiger partial charge in [-0.15, -0.1) is 5.01 Å². The van der Waals surface area contributed by atoms with E-state index in [1.54, 1.807) is 0 Å². The van der Waals surface area contributed by atoms with Crippen molar-refractivity contribution in [1.29, 1.82) is 0 Å². The summed E-state index contributed by atoms with van der Waals surface area (Å²) >= 11 is 0. The van der Waals surface area contributed by atoms with Crippen LogP contribution < -0.4 is 0 Å². The summed E-state index contributed by atoms with van der Waals surface area (Å²) in [6.07, 6.45) is 10.8. The zero-order valence-electron chi connectivity index (χ0n) is 13.4. The molecule has 0 spiro atoms. The van der Waals surface area contributed by atoms with E-state index in [4.69, 9.17) is 6.57 Å². The standard InChI is InChI=1S/C19H19N5/c1-20-24-8-4-14(5-9-24)10-15-11-17-18(13-23-19(17)22-12-15)16-2-6-21-7-3-16/h2-3,6-7,11-14H,4-5,8-10H2,(H,22,23). The third-order valence-corrected chi connectivity index (χ3v) is 4.84.